The lowest BCUT2D eigenvalue weighted by molar-refractivity contribution is 0.194. The average Bonchev–Trinajstić information content (AvgIpc) is 2.30. The lowest BCUT2D eigenvalue weighted by atomic mass is 10.2. The summed E-state index contributed by atoms with van der Waals surface area (Å²) in [5.41, 5.74) is 2.46. The molecule has 2 N–H and O–H groups in total. The first kappa shape index (κ1) is 12.0. The Morgan fingerprint density at radius 1 is 1.20 bits per heavy atom. The second-order valence-electron chi connectivity index (χ2n) is 3.47. The topological polar surface area (TPSA) is 33.3 Å². The van der Waals surface area contributed by atoms with Gasteiger partial charge in [0, 0.05) is 33.0 Å². The van der Waals surface area contributed by atoms with E-state index in [0.29, 0.717) is 0 Å². The van der Waals surface area contributed by atoms with Crippen LogP contribution in [0.3, 0.4) is 0 Å². The highest BCUT2D eigenvalue weighted by Gasteiger charge is 1.93. The van der Waals surface area contributed by atoms with Crippen LogP contribution in [0.2, 0.25) is 0 Å². The molecule has 0 aliphatic heterocycles. The van der Waals surface area contributed by atoms with Crippen molar-refractivity contribution in [1.82, 2.24) is 5.32 Å². The fraction of sp³-hybridized carbons (Fsp3) is 0.500. The molecule has 1 aromatic rings. The number of rotatable bonds is 7. The first-order valence-corrected chi connectivity index (χ1v) is 5.33. The molecule has 0 spiro atoms. The zero-order chi connectivity index (χ0) is 10.9. The van der Waals surface area contributed by atoms with Gasteiger partial charge in [0.05, 0.1) is 0 Å². The van der Waals surface area contributed by atoms with Crippen LogP contribution < -0.4 is 10.6 Å². The summed E-state index contributed by atoms with van der Waals surface area (Å²) in [6.45, 7) is 2.75. The van der Waals surface area contributed by atoms with Gasteiger partial charge in [-0.1, -0.05) is 12.1 Å². The molecule has 0 unspecified atom stereocenters. The zero-order valence-electron chi connectivity index (χ0n) is 9.55. The number of ether oxygens (including phenoxy) is 1. The van der Waals surface area contributed by atoms with Crippen molar-refractivity contribution < 1.29 is 4.74 Å². The molecule has 15 heavy (non-hydrogen) atoms. The molecular formula is C12H20N2O. The molecule has 0 atom stereocenters. The van der Waals surface area contributed by atoms with Crippen LogP contribution in [0.1, 0.15) is 12.0 Å². The molecular weight excluding hydrogens is 188 g/mol. The maximum atomic E-state index is 4.98. The number of benzene rings is 1. The van der Waals surface area contributed by atoms with Crippen molar-refractivity contribution in [1.29, 1.82) is 0 Å². The Morgan fingerprint density at radius 3 is 2.53 bits per heavy atom. The van der Waals surface area contributed by atoms with Gasteiger partial charge in [-0.3, -0.25) is 0 Å². The quantitative estimate of drug-likeness (QED) is 0.671. The van der Waals surface area contributed by atoms with Crippen molar-refractivity contribution in [2.75, 3.05) is 32.6 Å². The third-order valence-corrected chi connectivity index (χ3v) is 2.27. The van der Waals surface area contributed by atoms with Crippen LogP contribution in [-0.2, 0) is 11.3 Å². The molecule has 1 rings (SSSR count). The van der Waals surface area contributed by atoms with E-state index in [1.807, 2.05) is 7.05 Å². The predicted octanol–water partition coefficient (Wildman–Crippen LogP) is 1.85. The van der Waals surface area contributed by atoms with Gasteiger partial charge < -0.3 is 15.4 Å². The van der Waals surface area contributed by atoms with Crippen LogP contribution in [0.15, 0.2) is 24.3 Å². The van der Waals surface area contributed by atoms with Crippen molar-refractivity contribution >= 4 is 5.69 Å². The molecule has 3 nitrogen and oxygen atoms in total. The molecule has 0 saturated heterocycles. The molecule has 3 heteroatoms. The predicted molar refractivity (Wildman–Crippen MR) is 64.2 cm³/mol. The van der Waals surface area contributed by atoms with Crippen molar-refractivity contribution in [3.63, 3.8) is 0 Å². The van der Waals surface area contributed by atoms with E-state index in [0.717, 1.165) is 31.8 Å². The van der Waals surface area contributed by atoms with E-state index in [2.05, 4.69) is 34.9 Å². The van der Waals surface area contributed by atoms with Gasteiger partial charge >= 0.3 is 0 Å². The molecule has 0 fully saturated rings. The minimum absolute atomic E-state index is 0.825. The fourth-order valence-corrected chi connectivity index (χ4v) is 1.36. The summed E-state index contributed by atoms with van der Waals surface area (Å²) in [6, 6.07) is 8.45. The molecule has 0 bridgehead atoms. The van der Waals surface area contributed by atoms with Gasteiger partial charge in [0.15, 0.2) is 0 Å². The van der Waals surface area contributed by atoms with Crippen LogP contribution in [0, 0.1) is 0 Å². The van der Waals surface area contributed by atoms with Crippen LogP contribution in [0.25, 0.3) is 0 Å². The van der Waals surface area contributed by atoms with Gasteiger partial charge in [-0.2, -0.15) is 0 Å². The first-order valence-electron chi connectivity index (χ1n) is 5.33. The Bertz CT molecular complexity index is 259. The molecule has 0 aliphatic carbocycles. The molecule has 0 heterocycles. The van der Waals surface area contributed by atoms with Crippen molar-refractivity contribution in [2.24, 2.45) is 0 Å². The third-order valence-electron chi connectivity index (χ3n) is 2.27. The lowest BCUT2D eigenvalue weighted by Gasteiger charge is -2.05. The van der Waals surface area contributed by atoms with Gasteiger partial charge in [-0.25, -0.2) is 0 Å². The Balaban J connectivity index is 2.20. The minimum Gasteiger partial charge on any atom is -0.388 e. The number of anilines is 1. The molecule has 0 radical (unpaired) electrons. The average molecular weight is 208 g/mol. The van der Waals surface area contributed by atoms with E-state index >= 15 is 0 Å². The third kappa shape index (κ3) is 4.81. The van der Waals surface area contributed by atoms with Gasteiger partial charge in [0.25, 0.3) is 0 Å². The normalized spacial score (nSPS) is 10.3. The highest BCUT2D eigenvalue weighted by atomic mass is 16.5. The molecule has 0 amide bonds. The SMILES string of the molecule is CNc1ccc(CNCCCOC)cc1. The van der Waals surface area contributed by atoms with E-state index in [1.165, 1.54) is 5.56 Å². The van der Waals surface area contributed by atoms with Crippen molar-refractivity contribution in [2.45, 2.75) is 13.0 Å². The Hall–Kier alpha value is -1.06. The smallest absolute Gasteiger partial charge is 0.0474 e. The van der Waals surface area contributed by atoms with E-state index in [4.69, 9.17) is 4.74 Å². The van der Waals surface area contributed by atoms with Gasteiger partial charge in [-0.15, -0.1) is 0 Å². The summed E-state index contributed by atoms with van der Waals surface area (Å²) < 4.78 is 4.98. The Kier molecular flexibility index (Phi) is 5.81. The fourth-order valence-electron chi connectivity index (χ4n) is 1.36. The van der Waals surface area contributed by atoms with Crippen LogP contribution in [0.4, 0.5) is 5.69 Å². The first-order chi connectivity index (χ1) is 7.36. The van der Waals surface area contributed by atoms with Gasteiger partial charge in [0.2, 0.25) is 0 Å². The maximum absolute atomic E-state index is 4.98. The second kappa shape index (κ2) is 7.26. The van der Waals surface area contributed by atoms with Crippen LogP contribution >= 0.6 is 0 Å². The summed E-state index contributed by atoms with van der Waals surface area (Å²) in [7, 11) is 3.66. The molecule has 84 valence electrons. The van der Waals surface area contributed by atoms with Gasteiger partial charge in [0.1, 0.15) is 0 Å². The summed E-state index contributed by atoms with van der Waals surface area (Å²) in [4.78, 5) is 0. The highest BCUT2D eigenvalue weighted by Crippen LogP contribution is 2.07. The van der Waals surface area contributed by atoms with Gasteiger partial charge in [-0.05, 0) is 30.7 Å². The maximum Gasteiger partial charge on any atom is 0.0474 e. The van der Waals surface area contributed by atoms with Crippen molar-refractivity contribution in [3.8, 4) is 0 Å². The number of methoxy groups -OCH3 is 1. The van der Waals surface area contributed by atoms with Crippen molar-refractivity contribution in [3.05, 3.63) is 29.8 Å². The largest absolute Gasteiger partial charge is 0.388 e. The highest BCUT2D eigenvalue weighted by molar-refractivity contribution is 5.43. The monoisotopic (exact) mass is 208 g/mol. The Morgan fingerprint density at radius 2 is 1.93 bits per heavy atom. The Labute approximate surface area is 91.8 Å². The zero-order valence-corrected chi connectivity index (χ0v) is 9.55. The van der Waals surface area contributed by atoms with E-state index in [-0.39, 0.29) is 0 Å². The molecule has 0 aliphatic rings. The summed E-state index contributed by atoms with van der Waals surface area (Å²) >= 11 is 0. The molecule has 1 aromatic carbocycles. The molecule has 0 saturated carbocycles. The standard InChI is InChI=1S/C12H20N2O/c1-13-12-6-4-11(5-7-12)10-14-8-3-9-15-2/h4-7,13-14H,3,8-10H2,1-2H3. The number of hydrogen-bond donors (Lipinski definition) is 2. The lowest BCUT2D eigenvalue weighted by Crippen LogP contribution is -2.15. The van der Waals surface area contributed by atoms with Crippen LogP contribution in [0.5, 0.6) is 0 Å². The van der Waals surface area contributed by atoms with E-state index < -0.39 is 0 Å². The molecule has 0 aromatic heterocycles. The summed E-state index contributed by atoms with van der Waals surface area (Å²) in [5, 5.41) is 6.47. The number of nitrogens with one attached hydrogen (secondary N) is 2. The second-order valence-corrected chi connectivity index (χ2v) is 3.47. The van der Waals surface area contributed by atoms with Crippen LogP contribution in [-0.4, -0.2) is 27.3 Å². The summed E-state index contributed by atoms with van der Waals surface area (Å²) in [6.07, 6.45) is 1.06. The van der Waals surface area contributed by atoms with E-state index in [9.17, 15) is 0 Å². The number of hydrogen-bond acceptors (Lipinski definition) is 3. The van der Waals surface area contributed by atoms with E-state index in [1.54, 1.807) is 7.11 Å². The summed E-state index contributed by atoms with van der Waals surface area (Å²) in [5.74, 6) is 0. The minimum atomic E-state index is 0.825.